The minimum absolute atomic E-state index is 0.00887. The third-order valence-corrected chi connectivity index (χ3v) is 15.0. The van der Waals surface area contributed by atoms with Gasteiger partial charge in [0, 0.05) is 99.0 Å². The molecule has 0 bridgehead atoms. The molecule has 1 aliphatic carbocycles. The molecule has 4 atom stereocenters. The summed E-state index contributed by atoms with van der Waals surface area (Å²) >= 11 is 0. The summed E-state index contributed by atoms with van der Waals surface area (Å²) in [4.78, 5) is 55.2. The van der Waals surface area contributed by atoms with Crippen molar-refractivity contribution in [2.45, 2.75) is 96.4 Å². The molecular formula is C52H63F2N9O4. The van der Waals surface area contributed by atoms with Gasteiger partial charge in [-0.25, -0.2) is 8.78 Å². The molecule has 2 aromatic heterocycles. The number of piperidine rings is 3. The second-order valence-corrected chi connectivity index (χ2v) is 19.3. The predicted octanol–water partition coefficient (Wildman–Crippen LogP) is 6.52. The number of imide groups is 1. The van der Waals surface area contributed by atoms with Gasteiger partial charge in [0.25, 0.3) is 5.91 Å². The Morgan fingerprint density at radius 1 is 1.00 bits per heavy atom. The highest BCUT2D eigenvalue weighted by Crippen LogP contribution is 2.39. The minimum atomic E-state index is -0.799. The summed E-state index contributed by atoms with van der Waals surface area (Å²) in [6.07, 6.45) is 18.1. The maximum atomic E-state index is 16.1. The zero-order chi connectivity index (χ0) is 46.9. The number of likely N-dealkylation sites (N-methyl/N-ethyl adjacent to an activating group) is 1. The van der Waals surface area contributed by atoms with Gasteiger partial charge >= 0.3 is 0 Å². The van der Waals surface area contributed by atoms with Crippen LogP contribution in [0.5, 0.6) is 0 Å². The fourth-order valence-electron chi connectivity index (χ4n) is 11.1. The highest BCUT2D eigenvalue weighted by atomic mass is 19.1. The summed E-state index contributed by atoms with van der Waals surface area (Å²) in [5, 5.41) is 19.4. The molecule has 354 valence electrons. The number of hydrogen-bond donors (Lipinski definition) is 4. The van der Waals surface area contributed by atoms with Crippen molar-refractivity contribution in [3.8, 4) is 0 Å². The zero-order valence-electron chi connectivity index (χ0n) is 39.0. The molecule has 5 aliphatic heterocycles. The number of allylic oxidation sites excluding steroid dienone is 1. The lowest BCUT2D eigenvalue weighted by atomic mass is 9.82. The number of likely N-dealkylation sites (tertiary alicyclic amines) is 2. The number of rotatable bonds is 11. The summed E-state index contributed by atoms with van der Waals surface area (Å²) in [6, 6.07) is 6.19. The minimum Gasteiger partial charge on any atom is -0.388 e. The van der Waals surface area contributed by atoms with Gasteiger partial charge in [0.2, 0.25) is 11.8 Å². The Morgan fingerprint density at radius 2 is 1.79 bits per heavy atom. The number of nitrogens with one attached hydrogen (secondary N) is 3. The van der Waals surface area contributed by atoms with Crippen molar-refractivity contribution in [1.82, 2.24) is 35.3 Å². The summed E-state index contributed by atoms with van der Waals surface area (Å²) in [5.74, 6) is -0.840. The van der Waals surface area contributed by atoms with Crippen LogP contribution in [0.1, 0.15) is 103 Å². The van der Waals surface area contributed by atoms with Crippen LogP contribution in [-0.2, 0) is 16.0 Å². The van der Waals surface area contributed by atoms with Gasteiger partial charge in [-0.05, 0) is 131 Å². The molecule has 7 heterocycles. The number of benzene rings is 1. The van der Waals surface area contributed by atoms with Gasteiger partial charge < -0.3 is 30.4 Å². The number of carbonyl (C=O) groups excluding carboxylic acids is 3. The second-order valence-electron chi connectivity index (χ2n) is 19.3. The Kier molecular flexibility index (Phi) is 13.7. The second kappa shape index (κ2) is 19.8. The number of nitrogens with zero attached hydrogens (tertiary/aromatic N) is 6. The first kappa shape index (κ1) is 46.3. The van der Waals surface area contributed by atoms with Gasteiger partial charge in [-0.1, -0.05) is 19.1 Å². The molecule has 3 aromatic rings. The lowest BCUT2D eigenvalue weighted by Gasteiger charge is -2.38. The van der Waals surface area contributed by atoms with Crippen molar-refractivity contribution in [3.63, 3.8) is 0 Å². The average Bonchev–Trinajstić information content (AvgIpc) is 3.32. The number of aryl methyl sites for hydroxylation is 1. The maximum absolute atomic E-state index is 16.1. The Hall–Kier alpha value is -5.77. The highest BCUT2D eigenvalue weighted by Gasteiger charge is 2.33. The van der Waals surface area contributed by atoms with E-state index in [0.29, 0.717) is 60.9 Å². The predicted molar refractivity (Wildman–Crippen MR) is 256 cm³/mol. The van der Waals surface area contributed by atoms with Crippen molar-refractivity contribution in [1.29, 1.82) is 0 Å². The summed E-state index contributed by atoms with van der Waals surface area (Å²) in [5.41, 5.74) is 8.77. The quantitative estimate of drug-likeness (QED) is 0.156. The van der Waals surface area contributed by atoms with E-state index >= 15 is 8.78 Å². The molecule has 3 amide bonds. The van der Waals surface area contributed by atoms with E-state index in [1.807, 2.05) is 54.4 Å². The molecule has 15 heteroatoms. The lowest BCUT2D eigenvalue weighted by molar-refractivity contribution is -0.133. The molecule has 4 unspecified atom stereocenters. The van der Waals surface area contributed by atoms with Crippen LogP contribution in [0.15, 0.2) is 72.4 Å². The van der Waals surface area contributed by atoms with Crippen molar-refractivity contribution in [2.24, 2.45) is 11.8 Å². The zero-order valence-corrected chi connectivity index (χ0v) is 39.0. The lowest BCUT2D eigenvalue weighted by Crippen LogP contribution is -2.47. The molecule has 67 heavy (non-hydrogen) atoms. The number of amides is 3. The van der Waals surface area contributed by atoms with Crippen LogP contribution in [0, 0.1) is 30.4 Å². The van der Waals surface area contributed by atoms with Crippen molar-refractivity contribution < 1.29 is 28.3 Å². The van der Waals surface area contributed by atoms with E-state index in [0.717, 1.165) is 92.1 Å². The van der Waals surface area contributed by atoms with Crippen LogP contribution >= 0.6 is 0 Å². The van der Waals surface area contributed by atoms with E-state index in [-0.39, 0.29) is 47.7 Å². The Balaban J connectivity index is 0.759. The van der Waals surface area contributed by atoms with Crippen LogP contribution in [0.25, 0.3) is 11.6 Å². The number of halogens is 2. The maximum Gasteiger partial charge on any atom is 0.253 e. The van der Waals surface area contributed by atoms with Crippen molar-refractivity contribution >= 4 is 40.7 Å². The molecule has 13 nitrogen and oxygen atoms in total. The van der Waals surface area contributed by atoms with Crippen molar-refractivity contribution in [2.75, 3.05) is 63.1 Å². The van der Waals surface area contributed by atoms with Crippen LogP contribution in [0.2, 0.25) is 0 Å². The van der Waals surface area contributed by atoms with E-state index in [9.17, 15) is 19.5 Å². The fraction of sp³-hybridized carbons (Fsp3) is 0.481. The monoisotopic (exact) mass is 915 g/mol. The number of fused-ring (bicyclic) bond motifs is 1. The third-order valence-electron chi connectivity index (χ3n) is 15.0. The van der Waals surface area contributed by atoms with Crippen molar-refractivity contribution in [3.05, 3.63) is 118 Å². The molecular weight excluding hydrogens is 853 g/mol. The molecule has 3 fully saturated rings. The standard InChI is InChI=1S/C52H63F2N9O4/c1-31-24-45-41(46(7-15-56-45)63-22-14-38(55-4)27-48(63)65)28-40(31)33(3)61-20-12-35(13-21-61)49-32(2)23-37(25-42(49)53)52(67)62-18-8-34(9-19-62)30-60-16-10-36(11-17-60)50-43(54)26-39(29-57-50)58-44-5-6-47(64)59-51(44)66/h7,12,14-15,22-23,25-29,31,33-34,36,44,48,55,58,65H,5-6,8-11,13,16-21,24,30H2,1-4H3,(H,59,64,66). The molecule has 0 spiro atoms. The smallest absolute Gasteiger partial charge is 0.253 e. The van der Waals surface area contributed by atoms with Gasteiger partial charge in [0.05, 0.1) is 29.0 Å². The van der Waals surface area contributed by atoms with Gasteiger partial charge in [-0.15, -0.1) is 0 Å². The van der Waals surface area contributed by atoms with Crippen LogP contribution in [-0.4, -0.2) is 119 Å². The van der Waals surface area contributed by atoms with E-state index < -0.39 is 18.2 Å². The summed E-state index contributed by atoms with van der Waals surface area (Å²) in [7, 11) is 1.84. The molecule has 4 N–H and O–H groups in total. The first-order valence-corrected chi connectivity index (χ1v) is 24.1. The summed E-state index contributed by atoms with van der Waals surface area (Å²) < 4.78 is 31.4. The number of carbonyl (C=O) groups is 3. The summed E-state index contributed by atoms with van der Waals surface area (Å²) in [6.45, 7) is 11.7. The Bertz CT molecular complexity index is 2500. The van der Waals surface area contributed by atoms with Crippen LogP contribution in [0.4, 0.5) is 20.2 Å². The number of pyridine rings is 2. The van der Waals surface area contributed by atoms with E-state index in [1.165, 1.54) is 17.7 Å². The van der Waals surface area contributed by atoms with E-state index in [1.54, 1.807) is 12.3 Å². The highest BCUT2D eigenvalue weighted by molar-refractivity contribution is 6.01. The number of hydrogen-bond acceptors (Lipinski definition) is 11. The normalized spacial score (nSPS) is 23.8. The molecule has 3 saturated heterocycles. The van der Waals surface area contributed by atoms with Gasteiger partial charge in [-0.2, -0.15) is 0 Å². The number of aromatic nitrogens is 2. The van der Waals surface area contributed by atoms with Gasteiger partial charge in [0.1, 0.15) is 17.7 Å². The largest absolute Gasteiger partial charge is 0.388 e. The molecule has 1 aromatic carbocycles. The first-order valence-electron chi connectivity index (χ1n) is 24.1. The average molecular weight is 916 g/mol. The SMILES string of the molecule is CNC1=CC(O)N(c2ccnc3c2C=C(C(C)N2CC=C(c4c(C)cc(C(=O)N5CCC(CN6CCC(c7ncc(NC8CCC(=O)NC8=O)cc7F)CC6)CC5)cc4F)CC2)C(C)C3)C=C1. The van der Waals surface area contributed by atoms with Gasteiger partial charge in [-0.3, -0.25) is 34.6 Å². The van der Waals surface area contributed by atoms with E-state index in [2.05, 4.69) is 56.7 Å². The third kappa shape index (κ3) is 9.95. The van der Waals surface area contributed by atoms with Gasteiger partial charge in [0.15, 0.2) is 6.23 Å². The molecule has 6 aliphatic rings. The van der Waals surface area contributed by atoms with Crippen LogP contribution in [0.3, 0.4) is 0 Å². The molecule has 0 radical (unpaired) electrons. The topological polar surface area (TPSA) is 146 Å². The Morgan fingerprint density at radius 3 is 2.48 bits per heavy atom. The fourth-order valence-corrected chi connectivity index (χ4v) is 11.1. The number of aliphatic hydroxyl groups is 1. The van der Waals surface area contributed by atoms with E-state index in [4.69, 9.17) is 4.98 Å². The Labute approximate surface area is 392 Å². The van der Waals surface area contributed by atoms with Crippen LogP contribution < -0.4 is 20.9 Å². The number of aliphatic hydroxyl groups excluding tert-OH is 1. The first-order chi connectivity index (χ1) is 32.3. The molecule has 0 saturated carbocycles. The number of anilines is 2. The molecule has 9 rings (SSSR count).